The molecule has 1 heterocycles. The Balaban J connectivity index is 2.29. The van der Waals surface area contributed by atoms with E-state index in [0.717, 1.165) is 25.0 Å². The van der Waals surface area contributed by atoms with Crippen molar-refractivity contribution in [2.24, 2.45) is 0 Å². The lowest BCUT2D eigenvalue weighted by Crippen LogP contribution is -2.32. The van der Waals surface area contributed by atoms with Crippen LogP contribution in [-0.4, -0.2) is 23.9 Å². The Morgan fingerprint density at radius 1 is 1.67 bits per heavy atom. The Morgan fingerprint density at radius 3 is 2.92 bits per heavy atom. The fourth-order valence-corrected chi connectivity index (χ4v) is 1.56. The van der Waals surface area contributed by atoms with Crippen LogP contribution in [0.25, 0.3) is 0 Å². The molecule has 2 nitrogen and oxygen atoms in total. The van der Waals surface area contributed by atoms with Gasteiger partial charge in [-0.1, -0.05) is 5.57 Å². The fraction of sp³-hybridized carbons (Fsp3) is 0.800. The number of aliphatic hydroxyl groups is 1. The number of hydrogen-bond acceptors (Lipinski definition) is 2. The van der Waals surface area contributed by atoms with E-state index in [2.05, 4.69) is 6.58 Å². The van der Waals surface area contributed by atoms with Crippen molar-refractivity contribution >= 4 is 0 Å². The first kappa shape index (κ1) is 9.75. The molecule has 12 heavy (non-hydrogen) atoms. The monoisotopic (exact) mass is 170 g/mol. The summed E-state index contributed by atoms with van der Waals surface area (Å²) < 4.78 is 5.45. The first-order chi connectivity index (χ1) is 5.70. The maximum Gasteiger partial charge on any atom is 0.0838 e. The van der Waals surface area contributed by atoms with Gasteiger partial charge in [0, 0.05) is 6.61 Å². The van der Waals surface area contributed by atoms with E-state index in [9.17, 15) is 5.11 Å². The molecule has 2 unspecified atom stereocenters. The van der Waals surface area contributed by atoms with Crippen molar-refractivity contribution in [3.8, 4) is 0 Å². The molecule has 1 rings (SSSR count). The molecule has 0 aromatic heterocycles. The summed E-state index contributed by atoms with van der Waals surface area (Å²) >= 11 is 0. The van der Waals surface area contributed by atoms with Crippen LogP contribution in [0.1, 0.15) is 32.6 Å². The molecule has 1 fully saturated rings. The molecule has 0 aromatic rings. The minimum Gasteiger partial charge on any atom is -0.390 e. The molecule has 0 aromatic carbocycles. The van der Waals surface area contributed by atoms with Gasteiger partial charge in [0.05, 0.1) is 12.2 Å². The van der Waals surface area contributed by atoms with Gasteiger partial charge >= 0.3 is 0 Å². The third-order valence-corrected chi connectivity index (χ3v) is 2.20. The number of aliphatic hydroxyl groups excluding tert-OH is 1. The summed E-state index contributed by atoms with van der Waals surface area (Å²) in [5, 5.41) is 9.66. The summed E-state index contributed by atoms with van der Waals surface area (Å²) in [6.07, 6.45) is 3.69. The van der Waals surface area contributed by atoms with E-state index in [0.29, 0.717) is 6.42 Å². The Labute approximate surface area is 74.2 Å². The Hall–Kier alpha value is -0.340. The highest BCUT2D eigenvalue weighted by Gasteiger charge is 2.21. The second kappa shape index (κ2) is 4.63. The molecule has 1 N–H and O–H groups in total. The number of rotatable bonds is 3. The van der Waals surface area contributed by atoms with Crippen molar-refractivity contribution in [2.45, 2.75) is 44.8 Å². The van der Waals surface area contributed by atoms with Crippen molar-refractivity contribution in [1.82, 2.24) is 0 Å². The summed E-state index contributed by atoms with van der Waals surface area (Å²) in [7, 11) is 0. The van der Waals surface area contributed by atoms with Crippen LogP contribution in [0.3, 0.4) is 0 Å². The van der Waals surface area contributed by atoms with Gasteiger partial charge in [-0.2, -0.15) is 0 Å². The molecule has 0 saturated carbocycles. The van der Waals surface area contributed by atoms with Crippen LogP contribution in [0.2, 0.25) is 0 Å². The molecular formula is C10H18O2. The molecule has 0 amide bonds. The topological polar surface area (TPSA) is 29.5 Å². The highest BCUT2D eigenvalue weighted by Crippen LogP contribution is 2.19. The normalized spacial score (nSPS) is 26.7. The molecule has 70 valence electrons. The molecule has 0 radical (unpaired) electrons. The van der Waals surface area contributed by atoms with Gasteiger partial charge in [0.2, 0.25) is 0 Å². The SMILES string of the molecule is C=C(C)CC(O)C1CCCCO1. The number of ether oxygens (including phenoxy) is 1. The second-order valence-corrected chi connectivity index (χ2v) is 3.63. The quantitative estimate of drug-likeness (QED) is 0.655. The van der Waals surface area contributed by atoms with E-state index in [-0.39, 0.29) is 12.2 Å². The number of hydrogen-bond donors (Lipinski definition) is 1. The van der Waals surface area contributed by atoms with Gasteiger partial charge in [-0.25, -0.2) is 0 Å². The van der Waals surface area contributed by atoms with Crippen molar-refractivity contribution in [3.63, 3.8) is 0 Å². The first-order valence-electron chi connectivity index (χ1n) is 4.64. The zero-order valence-corrected chi connectivity index (χ0v) is 7.75. The van der Waals surface area contributed by atoms with E-state index in [1.807, 2.05) is 6.92 Å². The van der Waals surface area contributed by atoms with Crippen molar-refractivity contribution in [1.29, 1.82) is 0 Å². The third-order valence-electron chi connectivity index (χ3n) is 2.20. The standard InChI is InChI=1S/C10H18O2/c1-8(2)7-9(11)10-5-3-4-6-12-10/h9-11H,1,3-7H2,2H3. The van der Waals surface area contributed by atoms with E-state index in [1.165, 1.54) is 6.42 Å². The molecule has 2 atom stereocenters. The molecule has 1 aliphatic rings. The second-order valence-electron chi connectivity index (χ2n) is 3.63. The van der Waals surface area contributed by atoms with Crippen LogP contribution in [0.5, 0.6) is 0 Å². The van der Waals surface area contributed by atoms with Gasteiger partial charge < -0.3 is 9.84 Å². The lowest BCUT2D eigenvalue weighted by Gasteiger charge is -2.27. The van der Waals surface area contributed by atoms with Crippen LogP contribution < -0.4 is 0 Å². The Bertz CT molecular complexity index is 148. The van der Waals surface area contributed by atoms with Gasteiger partial charge in [-0.05, 0) is 32.6 Å². The van der Waals surface area contributed by atoms with Gasteiger partial charge in [0.25, 0.3) is 0 Å². The average molecular weight is 170 g/mol. The summed E-state index contributed by atoms with van der Waals surface area (Å²) in [4.78, 5) is 0. The van der Waals surface area contributed by atoms with Gasteiger partial charge in [0.15, 0.2) is 0 Å². The molecule has 0 spiro atoms. The van der Waals surface area contributed by atoms with E-state index >= 15 is 0 Å². The molecule has 1 saturated heterocycles. The maximum absolute atomic E-state index is 9.66. The van der Waals surface area contributed by atoms with Crippen molar-refractivity contribution in [3.05, 3.63) is 12.2 Å². The minimum atomic E-state index is -0.345. The zero-order valence-electron chi connectivity index (χ0n) is 7.75. The largest absolute Gasteiger partial charge is 0.390 e. The molecule has 0 aliphatic carbocycles. The van der Waals surface area contributed by atoms with Crippen LogP contribution in [0, 0.1) is 0 Å². The highest BCUT2D eigenvalue weighted by atomic mass is 16.5. The van der Waals surface area contributed by atoms with Crippen LogP contribution in [0.15, 0.2) is 12.2 Å². The Morgan fingerprint density at radius 2 is 2.42 bits per heavy atom. The third kappa shape index (κ3) is 2.95. The van der Waals surface area contributed by atoms with Crippen LogP contribution in [0.4, 0.5) is 0 Å². The van der Waals surface area contributed by atoms with E-state index in [1.54, 1.807) is 0 Å². The van der Waals surface area contributed by atoms with Gasteiger partial charge in [-0.15, -0.1) is 6.58 Å². The summed E-state index contributed by atoms with van der Waals surface area (Å²) in [5.41, 5.74) is 1.02. The van der Waals surface area contributed by atoms with Crippen LogP contribution >= 0.6 is 0 Å². The minimum absolute atomic E-state index is 0.0513. The fourth-order valence-electron chi connectivity index (χ4n) is 1.56. The van der Waals surface area contributed by atoms with Gasteiger partial charge in [-0.3, -0.25) is 0 Å². The lowest BCUT2D eigenvalue weighted by molar-refractivity contribution is -0.0610. The predicted molar refractivity (Wildman–Crippen MR) is 49.0 cm³/mol. The molecule has 0 bridgehead atoms. The van der Waals surface area contributed by atoms with Crippen molar-refractivity contribution < 1.29 is 9.84 Å². The lowest BCUT2D eigenvalue weighted by atomic mass is 10.00. The zero-order chi connectivity index (χ0) is 8.97. The van der Waals surface area contributed by atoms with E-state index < -0.39 is 0 Å². The molecule has 1 aliphatic heterocycles. The summed E-state index contributed by atoms with van der Waals surface area (Å²) in [5.74, 6) is 0. The maximum atomic E-state index is 9.66. The van der Waals surface area contributed by atoms with Gasteiger partial charge in [0.1, 0.15) is 0 Å². The first-order valence-corrected chi connectivity index (χ1v) is 4.64. The Kier molecular flexibility index (Phi) is 3.76. The summed E-state index contributed by atoms with van der Waals surface area (Å²) in [6.45, 7) is 6.51. The average Bonchev–Trinajstić information content (AvgIpc) is 2.05. The highest BCUT2D eigenvalue weighted by molar-refractivity contribution is 4.92. The smallest absolute Gasteiger partial charge is 0.0838 e. The molecule has 2 heteroatoms. The van der Waals surface area contributed by atoms with Crippen LogP contribution in [-0.2, 0) is 4.74 Å². The summed E-state index contributed by atoms with van der Waals surface area (Å²) in [6, 6.07) is 0. The van der Waals surface area contributed by atoms with Crippen molar-refractivity contribution in [2.75, 3.05) is 6.61 Å². The van der Waals surface area contributed by atoms with E-state index in [4.69, 9.17) is 4.74 Å². The molecular weight excluding hydrogens is 152 g/mol. The predicted octanol–water partition coefficient (Wildman–Crippen LogP) is 1.88.